The first-order chi connectivity index (χ1) is 4.96. The predicted octanol–water partition coefficient (Wildman–Crippen LogP) is 0.0263. The molecule has 64 valence electrons. The van der Waals surface area contributed by atoms with Crippen LogP contribution in [0.4, 0.5) is 0 Å². The van der Waals surface area contributed by atoms with Crippen LogP contribution < -0.4 is 0 Å². The average molecular weight is 156 g/mol. The zero-order chi connectivity index (χ0) is 8.65. The maximum atomic E-state index is 11.5. The Morgan fingerprint density at radius 3 is 2.18 bits per heavy atom. The van der Waals surface area contributed by atoms with Crippen LogP contribution in [-0.2, 0) is 4.79 Å². The van der Waals surface area contributed by atoms with Gasteiger partial charge >= 0.3 is 0 Å². The van der Waals surface area contributed by atoms with Gasteiger partial charge in [0.25, 0.3) is 0 Å². The summed E-state index contributed by atoms with van der Waals surface area (Å²) in [6.45, 7) is 3.81. The Kier molecular flexibility index (Phi) is 1.92. The van der Waals surface area contributed by atoms with E-state index in [1.165, 1.54) is 0 Å². The quantitative estimate of drug-likeness (QED) is 0.534. The first-order valence-corrected chi connectivity index (χ1v) is 3.86. The summed E-state index contributed by atoms with van der Waals surface area (Å²) in [7, 11) is 5.66. The fourth-order valence-corrected chi connectivity index (χ4v) is 1.82. The number of amides is 1. The molecule has 11 heavy (non-hydrogen) atoms. The number of hydrogen-bond acceptors (Lipinski definition) is 2. The van der Waals surface area contributed by atoms with Crippen LogP contribution in [0.2, 0.25) is 0 Å². The molecule has 0 atom stereocenters. The lowest BCUT2D eigenvalue weighted by molar-refractivity contribution is -0.147. The van der Waals surface area contributed by atoms with Crippen molar-refractivity contribution in [1.29, 1.82) is 0 Å². The summed E-state index contributed by atoms with van der Waals surface area (Å²) in [4.78, 5) is 15.3. The largest absolute Gasteiger partial charge is 0.348 e. The third kappa shape index (κ3) is 1.38. The second-order valence-corrected chi connectivity index (χ2v) is 3.93. The van der Waals surface area contributed by atoms with Crippen LogP contribution in [0.1, 0.15) is 6.92 Å². The molecule has 0 spiro atoms. The van der Waals surface area contributed by atoms with Gasteiger partial charge in [-0.15, -0.1) is 0 Å². The topological polar surface area (TPSA) is 23.6 Å². The monoisotopic (exact) mass is 156 g/mol. The van der Waals surface area contributed by atoms with Crippen molar-refractivity contribution in [2.45, 2.75) is 6.92 Å². The Morgan fingerprint density at radius 1 is 1.45 bits per heavy atom. The van der Waals surface area contributed by atoms with Gasteiger partial charge in [0.1, 0.15) is 0 Å². The Hall–Kier alpha value is -0.570. The molecule has 3 nitrogen and oxygen atoms in total. The predicted molar refractivity (Wildman–Crippen MR) is 44.3 cm³/mol. The van der Waals surface area contributed by atoms with Gasteiger partial charge in [-0.3, -0.25) is 4.79 Å². The standard InChI is InChI=1S/C8H16N2O/c1-8(5-10(4)6-8)7(11)9(2)3/h5-6H2,1-4H3. The van der Waals surface area contributed by atoms with Gasteiger partial charge in [0.15, 0.2) is 0 Å². The molecule has 0 bridgehead atoms. The van der Waals surface area contributed by atoms with E-state index in [1.807, 2.05) is 28.1 Å². The number of likely N-dealkylation sites (tertiary alicyclic amines) is 1. The number of hydrogen-bond donors (Lipinski definition) is 0. The van der Waals surface area contributed by atoms with E-state index < -0.39 is 0 Å². The summed E-state index contributed by atoms with van der Waals surface area (Å²) in [5, 5.41) is 0. The van der Waals surface area contributed by atoms with Crippen molar-refractivity contribution < 1.29 is 4.79 Å². The van der Waals surface area contributed by atoms with E-state index in [1.54, 1.807) is 4.90 Å². The Labute approximate surface area is 68.0 Å². The summed E-state index contributed by atoms with van der Waals surface area (Å²) in [6.07, 6.45) is 0. The molecule has 0 saturated carbocycles. The molecule has 0 aromatic carbocycles. The second kappa shape index (κ2) is 2.48. The molecular weight excluding hydrogens is 140 g/mol. The van der Waals surface area contributed by atoms with Crippen LogP contribution in [0.25, 0.3) is 0 Å². The van der Waals surface area contributed by atoms with Crippen molar-refractivity contribution in [2.75, 3.05) is 34.2 Å². The summed E-state index contributed by atoms with van der Waals surface area (Å²) in [6, 6.07) is 0. The molecule has 1 aliphatic heterocycles. The molecule has 3 heteroatoms. The van der Waals surface area contributed by atoms with Gasteiger partial charge in [-0.05, 0) is 14.0 Å². The first-order valence-electron chi connectivity index (χ1n) is 3.86. The molecule has 1 aliphatic rings. The van der Waals surface area contributed by atoms with Crippen LogP contribution in [0.15, 0.2) is 0 Å². The zero-order valence-corrected chi connectivity index (χ0v) is 7.72. The van der Waals surface area contributed by atoms with Crippen molar-refractivity contribution in [2.24, 2.45) is 5.41 Å². The molecule has 1 amide bonds. The van der Waals surface area contributed by atoms with E-state index in [2.05, 4.69) is 4.90 Å². The van der Waals surface area contributed by atoms with E-state index >= 15 is 0 Å². The van der Waals surface area contributed by atoms with E-state index in [9.17, 15) is 4.79 Å². The maximum absolute atomic E-state index is 11.5. The average Bonchev–Trinajstić information content (AvgIpc) is 1.83. The first kappa shape index (κ1) is 8.53. The Balaban J connectivity index is 2.54. The fourth-order valence-electron chi connectivity index (χ4n) is 1.82. The molecule has 0 radical (unpaired) electrons. The lowest BCUT2D eigenvalue weighted by atomic mass is 9.81. The lowest BCUT2D eigenvalue weighted by Gasteiger charge is -2.45. The molecule has 0 aliphatic carbocycles. The lowest BCUT2D eigenvalue weighted by Crippen LogP contribution is -2.59. The summed E-state index contributed by atoms with van der Waals surface area (Å²) in [5.41, 5.74) is -0.113. The van der Waals surface area contributed by atoms with Crippen LogP contribution in [0, 0.1) is 5.41 Å². The summed E-state index contributed by atoms with van der Waals surface area (Å²) >= 11 is 0. The van der Waals surface area contributed by atoms with Crippen LogP contribution in [0.5, 0.6) is 0 Å². The molecule has 0 aromatic rings. The van der Waals surface area contributed by atoms with Gasteiger partial charge < -0.3 is 9.80 Å². The van der Waals surface area contributed by atoms with Gasteiger partial charge in [-0.25, -0.2) is 0 Å². The van der Waals surface area contributed by atoms with E-state index in [0.29, 0.717) is 0 Å². The molecule has 1 rings (SSSR count). The number of rotatable bonds is 1. The maximum Gasteiger partial charge on any atom is 0.230 e. The fraction of sp³-hybridized carbons (Fsp3) is 0.875. The minimum Gasteiger partial charge on any atom is -0.348 e. The molecule has 1 fully saturated rings. The van der Waals surface area contributed by atoms with Crippen molar-refractivity contribution in [3.8, 4) is 0 Å². The highest BCUT2D eigenvalue weighted by molar-refractivity contribution is 5.83. The minimum atomic E-state index is -0.113. The molecule has 1 saturated heterocycles. The molecule has 0 aromatic heterocycles. The highest BCUT2D eigenvalue weighted by Gasteiger charge is 2.43. The molecular formula is C8H16N2O. The Morgan fingerprint density at radius 2 is 1.91 bits per heavy atom. The number of carbonyl (C=O) groups is 1. The van der Waals surface area contributed by atoms with Crippen LogP contribution in [-0.4, -0.2) is 49.9 Å². The van der Waals surface area contributed by atoms with Gasteiger partial charge in [-0.1, -0.05) is 0 Å². The van der Waals surface area contributed by atoms with E-state index in [0.717, 1.165) is 13.1 Å². The van der Waals surface area contributed by atoms with Crippen LogP contribution in [0.3, 0.4) is 0 Å². The molecule has 0 N–H and O–H groups in total. The minimum absolute atomic E-state index is 0.113. The number of carbonyl (C=O) groups excluding carboxylic acids is 1. The SMILES string of the molecule is CN1CC(C)(C(=O)N(C)C)C1. The summed E-state index contributed by atoms with van der Waals surface area (Å²) < 4.78 is 0. The number of nitrogens with zero attached hydrogens (tertiary/aromatic N) is 2. The third-order valence-corrected chi connectivity index (χ3v) is 2.16. The Bertz CT molecular complexity index is 171. The highest BCUT2D eigenvalue weighted by Crippen LogP contribution is 2.29. The highest BCUT2D eigenvalue weighted by atomic mass is 16.2. The van der Waals surface area contributed by atoms with E-state index in [4.69, 9.17) is 0 Å². The van der Waals surface area contributed by atoms with Crippen LogP contribution >= 0.6 is 0 Å². The van der Waals surface area contributed by atoms with E-state index in [-0.39, 0.29) is 11.3 Å². The van der Waals surface area contributed by atoms with Crippen molar-refractivity contribution in [1.82, 2.24) is 9.80 Å². The smallest absolute Gasteiger partial charge is 0.230 e. The summed E-state index contributed by atoms with van der Waals surface area (Å²) in [5.74, 6) is 0.246. The van der Waals surface area contributed by atoms with Gasteiger partial charge in [-0.2, -0.15) is 0 Å². The van der Waals surface area contributed by atoms with Crippen molar-refractivity contribution in [3.63, 3.8) is 0 Å². The van der Waals surface area contributed by atoms with Crippen molar-refractivity contribution >= 4 is 5.91 Å². The zero-order valence-electron chi connectivity index (χ0n) is 7.72. The normalized spacial score (nSPS) is 22.5. The van der Waals surface area contributed by atoms with Crippen molar-refractivity contribution in [3.05, 3.63) is 0 Å². The second-order valence-electron chi connectivity index (χ2n) is 3.93. The molecule has 0 unspecified atom stereocenters. The molecule has 1 heterocycles. The van der Waals surface area contributed by atoms with Gasteiger partial charge in [0.05, 0.1) is 5.41 Å². The third-order valence-electron chi connectivity index (χ3n) is 2.16. The van der Waals surface area contributed by atoms with Gasteiger partial charge in [0.2, 0.25) is 5.91 Å². The van der Waals surface area contributed by atoms with Gasteiger partial charge in [0, 0.05) is 27.2 Å².